The van der Waals surface area contributed by atoms with E-state index in [1.807, 2.05) is 0 Å². The first-order valence-electron chi connectivity index (χ1n) is 22.5. The highest BCUT2D eigenvalue weighted by Crippen LogP contribution is 2.56. The molecule has 2 nitrogen and oxygen atoms in total. The number of rotatable bonds is 4. The lowest BCUT2D eigenvalue weighted by Crippen LogP contribution is -2.19. The molecular formula is C61H48N2. The molecule has 0 unspecified atom stereocenters. The summed E-state index contributed by atoms with van der Waals surface area (Å²) in [5, 5.41) is 5.09. The van der Waals surface area contributed by atoms with Crippen molar-refractivity contribution in [2.45, 2.75) is 57.8 Å². The molecule has 302 valence electrons. The fourth-order valence-corrected chi connectivity index (χ4v) is 12.2. The molecule has 3 aliphatic rings. The molecule has 13 rings (SSSR count). The number of fused-ring (bicyclic) bond motifs is 14. The zero-order valence-corrected chi connectivity index (χ0v) is 36.7. The number of para-hydroxylation sites is 1. The van der Waals surface area contributed by atoms with Gasteiger partial charge >= 0.3 is 0 Å². The molecule has 0 saturated carbocycles. The van der Waals surface area contributed by atoms with E-state index in [9.17, 15) is 0 Å². The normalized spacial score (nSPS) is 15.5. The quantitative estimate of drug-likeness (QED) is 0.172. The number of hydrogen-bond acceptors (Lipinski definition) is 1. The Kier molecular flexibility index (Phi) is 7.23. The minimum absolute atomic E-state index is 0.120. The van der Waals surface area contributed by atoms with Gasteiger partial charge in [-0.15, -0.1) is 0 Å². The molecule has 0 bridgehead atoms. The second-order valence-electron chi connectivity index (χ2n) is 19.7. The molecule has 0 saturated heterocycles. The first-order valence-corrected chi connectivity index (χ1v) is 22.5. The van der Waals surface area contributed by atoms with Crippen LogP contribution in [0.1, 0.15) is 74.9 Å². The third-order valence-electron chi connectivity index (χ3n) is 15.4. The Morgan fingerprint density at radius 3 is 1.46 bits per heavy atom. The molecule has 0 radical (unpaired) electrons. The molecule has 0 spiro atoms. The molecule has 0 fully saturated rings. The van der Waals surface area contributed by atoms with Crippen LogP contribution in [-0.2, 0) is 16.2 Å². The lowest BCUT2D eigenvalue weighted by molar-refractivity contribution is 0.659. The van der Waals surface area contributed by atoms with E-state index < -0.39 is 0 Å². The number of anilines is 3. The van der Waals surface area contributed by atoms with Crippen LogP contribution < -0.4 is 4.90 Å². The molecule has 2 heteroatoms. The standard InChI is InChI=1S/C61H48N2/c1-59(2)49-21-12-9-18-42(49)44-31-27-38(34-52(44)59)62(39-28-32-45-43-19-10-13-22-50(43)60(3,4)53(45)35-39)40-29-33-48-54(36-40)61(5,6)51-23-15-25-56(57(48)51)63-55-24-14-11-20-46(55)47-30-26-37-16-7-8-17-41(37)58(47)63/h7-36H,1-6H3. The minimum Gasteiger partial charge on any atom is -0.310 e. The van der Waals surface area contributed by atoms with E-state index in [0.29, 0.717) is 0 Å². The summed E-state index contributed by atoms with van der Waals surface area (Å²) < 4.78 is 2.55. The van der Waals surface area contributed by atoms with Crippen LogP contribution in [0.25, 0.3) is 71.6 Å². The zero-order chi connectivity index (χ0) is 42.6. The highest BCUT2D eigenvalue weighted by molar-refractivity contribution is 6.19. The summed E-state index contributed by atoms with van der Waals surface area (Å²) in [5.41, 5.74) is 23.0. The van der Waals surface area contributed by atoms with Crippen LogP contribution in [-0.4, -0.2) is 4.57 Å². The fourth-order valence-electron chi connectivity index (χ4n) is 12.2. The Bertz CT molecular complexity index is 3500. The average molecular weight is 809 g/mol. The topological polar surface area (TPSA) is 8.17 Å². The Labute approximate surface area is 369 Å². The van der Waals surface area contributed by atoms with Gasteiger partial charge in [-0.25, -0.2) is 0 Å². The predicted molar refractivity (Wildman–Crippen MR) is 266 cm³/mol. The van der Waals surface area contributed by atoms with Crippen molar-refractivity contribution in [2.75, 3.05) is 4.90 Å². The van der Waals surface area contributed by atoms with Crippen molar-refractivity contribution in [2.24, 2.45) is 0 Å². The number of nitrogens with zero attached hydrogens (tertiary/aromatic N) is 2. The maximum Gasteiger partial charge on any atom is 0.0619 e. The van der Waals surface area contributed by atoms with Gasteiger partial charge in [0.25, 0.3) is 0 Å². The summed E-state index contributed by atoms with van der Waals surface area (Å²) in [4.78, 5) is 2.53. The molecular weight excluding hydrogens is 761 g/mol. The smallest absolute Gasteiger partial charge is 0.0619 e. The van der Waals surface area contributed by atoms with E-state index in [0.717, 1.165) is 0 Å². The summed E-state index contributed by atoms with van der Waals surface area (Å²) in [6.45, 7) is 14.4. The molecule has 0 amide bonds. The first-order chi connectivity index (χ1) is 30.5. The lowest BCUT2D eigenvalue weighted by Gasteiger charge is -2.31. The molecule has 3 aliphatic carbocycles. The van der Waals surface area contributed by atoms with Crippen molar-refractivity contribution in [1.29, 1.82) is 0 Å². The van der Waals surface area contributed by atoms with Gasteiger partial charge in [0.05, 0.1) is 16.7 Å². The summed E-state index contributed by atoms with van der Waals surface area (Å²) in [6, 6.07) is 68.9. The van der Waals surface area contributed by atoms with Gasteiger partial charge in [-0.2, -0.15) is 0 Å². The van der Waals surface area contributed by atoms with Crippen molar-refractivity contribution in [3.05, 3.63) is 215 Å². The predicted octanol–water partition coefficient (Wildman–Crippen LogP) is 16.3. The van der Waals surface area contributed by atoms with Crippen molar-refractivity contribution in [3.8, 4) is 39.1 Å². The summed E-state index contributed by atoms with van der Waals surface area (Å²) in [5.74, 6) is 0. The van der Waals surface area contributed by atoms with E-state index >= 15 is 0 Å². The van der Waals surface area contributed by atoms with Gasteiger partial charge in [0.15, 0.2) is 0 Å². The van der Waals surface area contributed by atoms with E-state index in [1.165, 1.54) is 122 Å². The van der Waals surface area contributed by atoms with Gasteiger partial charge in [-0.3, -0.25) is 0 Å². The van der Waals surface area contributed by atoms with Crippen LogP contribution in [0.4, 0.5) is 17.1 Å². The third kappa shape index (κ3) is 4.79. The van der Waals surface area contributed by atoms with Gasteiger partial charge in [-0.05, 0) is 115 Å². The monoisotopic (exact) mass is 808 g/mol. The molecule has 63 heavy (non-hydrogen) atoms. The summed E-state index contributed by atoms with van der Waals surface area (Å²) in [7, 11) is 0. The molecule has 10 aromatic rings. The molecule has 1 heterocycles. The largest absolute Gasteiger partial charge is 0.310 e. The van der Waals surface area contributed by atoms with Crippen molar-refractivity contribution >= 4 is 49.6 Å². The maximum atomic E-state index is 2.55. The van der Waals surface area contributed by atoms with E-state index in [1.54, 1.807) is 0 Å². The number of aromatic nitrogens is 1. The van der Waals surface area contributed by atoms with Crippen LogP contribution in [0.5, 0.6) is 0 Å². The first kappa shape index (κ1) is 36.5. The summed E-state index contributed by atoms with van der Waals surface area (Å²) in [6.07, 6.45) is 0. The second-order valence-corrected chi connectivity index (χ2v) is 19.7. The van der Waals surface area contributed by atoms with E-state index in [-0.39, 0.29) is 16.2 Å². The maximum absolute atomic E-state index is 2.55. The highest BCUT2D eigenvalue weighted by atomic mass is 15.1. The van der Waals surface area contributed by atoms with E-state index in [2.05, 4.69) is 233 Å². The SMILES string of the molecule is CC1(C)c2ccccc2-c2ccc(N(c3ccc4c(c3)C(C)(C)c3ccccc3-4)c3ccc4c(c3)C(C)(C)c3cccc(-n5c6ccccc6c6ccc7ccccc7c65)c3-4)cc21. The number of benzene rings is 9. The van der Waals surface area contributed by atoms with Crippen LogP contribution in [0.3, 0.4) is 0 Å². The van der Waals surface area contributed by atoms with Crippen LogP contribution in [0.2, 0.25) is 0 Å². The van der Waals surface area contributed by atoms with Gasteiger partial charge in [0, 0.05) is 55.0 Å². The van der Waals surface area contributed by atoms with Crippen molar-refractivity contribution in [3.63, 3.8) is 0 Å². The van der Waals surface area contributed by atoms with Crippen LogP contribution in [0, 0.1) is 0 Å². The Balaban J connectivity index is 1.03. The molecule has 0 aliphatic heterocycles. The second kappa shape index (κ2) is 12.5. The molecule has 9 aromatic carbocycles. The summed E-state index contributed by atoms with van der Waals surface area (Å²) >= 11 is 0. The van der Waals surface area contributed by atoms with Gasteiger partial charge in [0.1, 0.15) is 0 Å². The molecule has 1 aromatic heterocycles. The van der Waals surface area contributed by atoms with Crippen molar-refractivity contribution in [1.82, 2.24) is 4.57 Å². The van der Waals surface area contributed by atoms with Crippen LogP contribution >= 0.6 is 0 Å². The lowest BCUT2D eigenvalue weighted by atomic mass is 9.81. The van der Waals surface area contributed by atoms with Gasteiger partial charge in [-0.1, -0.05) is 175 Å². The third-order valence-corrected chi connectivity index (χ3v) is 15.4. The molecule has 0 atom stereocenters. The number of hydrogen-bond donors (Lipinski definition) is 0. The van der Waals surface area contributed by atoms with E-state index in [4.69, 9.17) is 0 Å². The Hall–Kier alpha value is -7.16. The Morgan fingerprint density at radius 2 is 0.825 bits per heavy atom. The molecule has 0 N–H and O–H groups in total. The zero-order valence-electron chi connectivity index (χ0n) is 36.7. The van der Waals surface area contributed by atoms with Gasteiger partial charge in [0.2, 0.25) is 0 Å². The Morgan fingerprint density at radius 1 is 0.349 bits per heavy atom. The fraction of sp³-hybridized carbons (Fsp3) is 0.148. The van der Waals surface area contributed by atoms with Crippen LogP contribution in [0.15, 0.2) is 182 Å². The van der Waals surface area contributed by atoms with Crippen molar-refractivity contribution < 1.29 is 0 Å². The minimum atomic E-state index is -0.244. The highest BCUT2D eigenvalue weighted by Gasteiger charge is 2.40. The average Bonchev–Trinajstić information content (AvgIpc) is 3.93. The van der Waals surface area contributed by atoms with Gasteiger partial charge < -0.3 is 9.47 Å².